The van der Waals surface area contributed by atoms with Gasteiger partial charge >= 0.3 is 0 Å². The van der Waals surface area contributed by atoms with E-state index in [1.165, 1.54) is 0 Å². The van der Waals surface area contributed by atoms with Crippen molar-refractivity contribution >= 4 is 17.3 Å². The third-order valence-corrected chi connectivity index (χ3v) is 3.54. The highest BCUT2D eigenvalue weighted by molar-refractivity contribution is 6.04. The number of nitrogens with zero attached hydrogens (tertiary/aromatic N) is 1. The number of fused-ring (bicyclic) bond motifs is 1. The minimum atomic E-state index is -0.431. The number of benzene rings is 1. The summed E-state index contributed by atoms with van der Waals surface area (Å²) >= 11 is 0. The van der Waals surface area contributed by atoms with Crippen LogP contribution < -0.4 is 15.0 Å². The van der Waals surface area contributed by atoms with Crippen LogP contribution in [0.15, 0.2) is 18.2 Å². The molecular formula is C16H24N2O4. The van der Waals surface area contributed by atoms with Crippen molar-refractivity contribution in [1.82, 2.24) is 0 Å². The Labute approximate surface area is 131 Å². The number of rotatable bonds is 7. The smallest absolute Gasteiger partial charge is 0.249 e. The summed E-state index contributed by atoms with van der Waals surface area (Å²) in [6.45, 7) is 7.10. The van der Waals surface area contributed by atoms with E-state index in [0.29, 0.717) is 19.8 Å². The molecule has 1 aromatic rings. The van der Waals surface area contributed by atoms with Gasteiger partial charge in [0.15, 0.2) is 6.29 Å². The Morgan fingerprint density at radius 3 is 2.55 bits per heavy atom. The van der Waals surface area contributed by atoms with E-state index in [-0.39, 0.29) is 11.9 Å². The second-order valence-electron chi connectivity index (χ2n) is 5.04. The van der Waals surface area contributed by atoms with Crippen molar-refractivity contribution in [3.05, 3.63) is 18.2 Å². The third-order valence-electron chi connectivity index (χ3n) is 3.54. The number of ether oxygens (including phenoxy) is 3. The Morgan fingerprint density at radius 1 is 1.27 bits per heavy atom. The maximum Gasteiger partial charge on any atom is 0.249 e. The normalized spacial score (nSPS) is 17.4. The van der Waals surface area contributed by atoms with E-state index in [1.807, 2.05) is 39.0 Å². The van der Waals surface area contributed by atoms with Gasteiger partial charge in [0.25, 0.3) is 0 Å². The number of anilines is 2. The summed E-state index contributed by atoms with van der Waals surface area (Å²) in [4.78, 5) is 14.2. The van der Waals surface area contributed by atoms with Crippen LogP contribution in [0.3, 0.4) is 0 Å². The first-order valence-corrected chi connectivity index (χ1v) is 7.59. The maximum atomic E-state index is 12.5. The average Bonchev–Trinajstić information content (AvgIpc) is 2.51. The molecule has 2 rings (SSSR count). The second kappa shape index (κ2) is 7.47. The summed E-state index contributed by atoms with van der Waals surface area (Å²) in [5, 5.41) is 3.20. The lowest BCUT2D eigenvalue weighted by Crippen LogP contribution is -2.49. The molecule has 0 bridgehead atoms. The van der Waals surface area contributed by atoms with E-state index >= 15 is 0 Å². The highest BCUT2D eigenvalue weighted by atomic mass is 16.7. The van der Waals surface area contributed by atoms with E-state index < -0.39 is 6.29 Å². The zero-order chi connectivity index (χ0) is 16.1. The second-order valence-corrected chi connectivity index (χ2v) is 5.04. The molecule has 1 aliphatic rings. The minimum absolute atomic E-state index is 0.00192. The molecule has 122 valence electrons. The summed E-state index contributed by atoms with van der Waals surface area (Å²) in [6.07, 6.45) is -0.431. The Bertz CT molecular complexity index is 515. The maximum absolute atomic E-state index is 12.5. The number of amides is 1. The van der Waals surface area contributed by atoms with Crippen LogP contribution in [-0.4, -0.2) is 45.1 Å². The van der Waals surface area contributed by atoms with E-state index in [4.69, 9.17) is 14.2 Å². The monoisotopic (exact) mass is 308 g/mol. The van der Waals surface area contributed by atoms with E-state index in [2.05, 4.69) is 5.32 Å². The first-order chi connectivity index (χ1) is 10.6. The van der Waals surface area contributed by atoms with Crippen molar-refractivity contribution in [2.75, 3.05) is 37.1 Å². The molecule has 22 heavy (non-hydrogen) atoms. The molecule has 0 saturated heterocycles. The fraction of sp³-hybridized carbons (Fsp3) is 0.562. The molecule has 1 unspecified atom stereocenters. The largest absolute Gasteiger partial charge is 0.497 e. The van der Waals surface area contributed by atoms with Crippen LogP contribution in [0.25, 0.3) is 0 Å². The van der Waals surface area contributed by atoms with Gasteiger partial charge in [-0.15, -0.1) is 0 Å². The minimum Gasteiger partial charge on any atom is -0.497 e. The third kappa shape index (κ3) is 3.51. The van der Waals surface area contributed by atoms with Crippen LogP contribution in [0.1, 0.15) is 20.8 Å². The Morgan fingerprint density at radius 2 is 1.95 bits per heavy atom. The Balaban J connectivity index is 2.27. The quantitative estimate of drug-likeness (QED) is 0.783. The lowest BCUT2D eigenvalue weighted by Gasteiger charge is -2.35. The molecule has 1 amide bonds. The van der Waals surface area contributed by atoms with Crippen LogP contribution >= 0.6 is 0 Å². The number of carbonyl (C=O) groups is 1. The van der Waals surface area contributed by atoms with Crippen molar-refractivity contribution in [1.29, 1.82) is 0 Å². The van der Waals surface area contributed by atoms with Gasteiger partial charge in [0.2, 0.25) is 5.91 Å². The van der Waals surface area contributed by atoms with Crippen LogP contribution in [0.5, 0.6) is 5.75 Å². The van der Waals surface area contributed by atoms with Gasteiger partial charge in [-0.3, -0.25) is 4.79 Å². The van der Waals surface area contributed by atoms with Crippen LogP contribution in [0.2, 0.25) is 0 Å². The van der Waals surface area contributed by atoms with Gasteiger partial charge in [-0.25, -0.2) is 0 Å². The van der Waals surface area contributed by atoms with Crippen molar-refractivity contribution in [2.24, 2.45) is 0 Å². The summed E-state index contributed by atoms with van der Waals surface area (Å²) in [6, 6.07) is 5.30. The highest BCUT2D eigenvalue weighted by Crippen LogP contribution is 2.34. The van der Waals surface area contributed by atoms with Crippen molar-refractivity contribution in [2.45, 2.75) is 33.1 Å². The molecule has 1 aromatic carbocycles. The van der Waals surface area contributed by atoms with Crippen molar-refractivity contribution in [3.8, 4) is 5.75 Å². The van der Waals surface area contributed by atoms with Gasteiger partial charge in [0.1, 0.15) is 11.8 Å². The fourth-order valence-electron chi connectivity index (χ4n) is 2.50. The first-order valence-electron chi connectivity index (χ1n) is 7.59. The van der Waals surface area contributed by atoms with Crippen molar-refractivity contribution < 1.29 is 19.0 Å². The molecule has 1 heterocycles. The fourth-order valence-corrected chi connectivity index (χ4v) is 2.50. The lowest BCUT2D eigenvalue weighted by atomic mass is 10.1. The van der Waals surface area contributed by atoms with E-state index in [9.17, 15) is 4.79 Å². The zero-order valence-electron chi connectivity index (χ0n) is 13.6. The molecule has 0 fully saturated rings. The lowest BCUT2D eigenvalue weighted by molar-refractivity contribution is -0.136. The summed E-state index contributed by atoms with van der Waals surface area (Å²) in [5.74, 6) is 0.751. The molecule has 1 aliphatic heterocycles. The van der Waals surface area contributed by atoms with Crippen LogP contribution in [0.4, 0.5) is 11.4 Å². The molecule has 0 aromatic heterocycles. The average molecular weight is 308 g/mol. The van der Waals surface area contributed by atoms with Gasteiger partial charge in [-0.05, 0) is 32.9 Å². The molecular weight excluding hydrogens is 284 g/mol. The first kappa shape index (κ1) is 16.6. The van der Waals surface area contributed by atoms with E-state index in [0.717, 1.165) is 17.1 Å². The number of methoxy groups -OCH3 is 1. The number of carbonyl (C=O) groups excluding carboxylic acids is 1. The van der Waals surface area contributed by atoms with Crippen LogP contribution in [-0.2, 0) is 14.3 Å². The molecule has 0 saturated carbocycles. The molecule has 6 nitrogen and oxygen atoms in total. The van der Waals surface area contributed by atoms with Crippen LogP contribution in [0, 0.1) is 0 Å². The summed E-state index contributed by atoms with van der Waals surface area (Å²) in [7, 11) is 1.62. The number of nitrogens with one attached hydrogen (secondary N) is 1. The van der Waals surface area contributed by atoms with Gasteiger partial charge < -0.3 is 24.4 Å². The van der Waals surface area contributed by atoms with Crippen molar-refractivity contribution in [3.63, 3.8) is 0 Å². The van der Waals surface area contributed by atoms with Gasteiger partial charge in [0, 0.05) is 19.3 Å². The molecule has 1 N–H and O–H groups in total. The topological polar surface area (TPSA) is 60.0 Å². The Hall–Kier alpha value is -1.79. The predicted octanol–water partition coefficient (Wildman–Crippen LogP) is 2.24. The zero-order valence-corrected chi connectivity index (χ0v) is 13.6. The molecule has 1 atom stereocenters. The standard InChI is InChI=1S/C16H24N2O4/c1-5-21-15(22-6-2)10-18-14-8-7-12(20-4)9-13(14)17-11(3)16(18)19/h7-9,11,15,17H,5-6,10H2,1-4H3. The number of hydrogen-bond donors (Lipinski definition) is 1. The van der Waals surface area contributed by atoms with Gasteiger partial charge in [-0.2, -0.15) is 0 Å². The highest BCUT2D eigenvalue weighted by Gasteiger charge is 2.31. The summed E-state index contributed by atoms with van der Waals surface area (Å²) in [5.41, 5.74) is 1.69. The molecule has 0 aliphatic carbocycles. The Kier molecular flexibility index (Phi) is 5.63. The predicted molar refractivity (Wildman–Crippen MR) is 85.5 cm³/mol. The van der Waals surface area contributed by atoms with Gasteiger partial charge in [0.05, 0.1) is 25.0 Å². The van der Waals surface area contributed by atoms with E-state index in [1.54, 1.807) is 12.0 Å². The molecule has 6 heteroatoms. The SMILES string of the molecule is CCOC(CN1C(=O)C(C)Nc2cc(OC)ccc21)OCC. The molecule has 0 spiro atoms. The van der Waals surface area contributed by atoms with Gasteiger partial charge in [-0.1, -0.05) is 0 Å². The number of hydrogen-bond acceptors (Lipinski definition) is 5. The summed E-state index contributed by atoms with van der Waals surface area (Å²) < 4.78 is 16.4. The molecule has 0 radical (unpaired) electrons.